The van der Waals surface area contributed by atoms with Crippen LogP contribution < -0.4 is 0 Å². The van der Waals surface area contributed by atoms with E-state index in [9.17, 15) is 0 Å². The Kier molecular flexibility index (Phi) is 3.04. The molecule has 0 fully saturated rings. The monoisotopic (exact) mass is 320 g/mol. The number of nitrogens with zero attached hydrogens (tertiary/aromatic N) is 2. The van der Waals surface area contributed by atoms with E-state index in [0.29, 0.717) is 0 Å². The Labute approximate surface area is 146 Å². The molecule has 0 amide bonds. The smallest absolute Gasteiger partial charge is 0.0795 e. The lowest BCUT2D eigenvalue weighted by Gasteiger charge is -2.11. The normalized spacial score (nSPS) is 17.8. The van der Waals surface area contributed by atoms with Gasteiger partial charge >= 0.3 is 0 Å². The topological polar surface area (TPSA) is 24.7 Å². The molecule has 3 aromatic rings. The van der Waals surface area contributed by atoms with Gasteiger partial charge in [-0.15, -0.1) is 0 Å². The van der Waals surface area contributed by atoms with E-state index in [1.165, 1.54) is 22.3 Å². The Morgan fingerprint density at radius 3 is 1.84 bits per heavy atom. The summed E-state index contributed by atoms with van der Waals surface area (Å²) in [5.41, 5.74) is 10.0. The first-order valence-corrected chi connectivity index (χ1v) is 8.46. The molecule has 0 saturated carbocycles. The van der Waals surface area contributed by atoms with Gasteiger partial charge in [0.1, 0.15) is 0 Å². The van der Waals surface area contributed by atoms with Crippen LogP contribution >= 0.6 is 0 Å². The molecule has 0 saturated heterocycles. The number of benzene rings is 3. The highest BCUT2D eigenvalue weighted by atomic mass is 14.8. The molecular weight excluding hydrogens is 304 g/mol. The van der Waals surface area contributed by atoms with Crippen LogP contribution in [0.25, 0.3) is 11.1 Å². The van der Waals surface area contributed by atoms with Crippen molar-refractivity contribution < 1.29 is 0 Å². The molecule has 0 radical (unpaired) electrons. The molecule has 2 aliphatic rings. The highest BCUT2D eigenvalue weighted by Gasteiger charge is 2.29. The van der Waals surface area contributed by atoms with E-state index < -0.39 is 0 Å². The first kappa shape index (κ1) is 14.1. The number of hydrogen-bond donors (Lipinski definition) is 0. The van der Waals surface area contributed by atoms with Crippen LogP contribution in [0.4, 0.5) is 11.4 Å². The molecule has 2 aliphatic heterocycles. The summed E-state index contributed by atoms with van der Waals surface area (Å²) in [6.07, 6.45) is 0. The third-order valence-corrected chi connectivity index (χ3v) is 4.76. The zero-order valence-corrected chi connectivity index (χ0v) is 13.9. The first-order valence-electron chi connectivity index (χ1n) is 8.46. The largest absolute Gasteiger partial charge is 0.252 e. The van der Waals surface area contributed by atoms with Crippen LogP contribution in [0.3, 0.4) is 0 Å². The predicted octanol–water partition coefficient (Wildman–Crippen LogP) is 5.84. The summed E-state index contributed by atoms with van der Waals surface area (Å²) in [4.78, 5) is 9.74. The Bertz CT molecular complexity index is 1090. The van der Waals surface area contributed by atoms with Crippen LogP contribution in [-0.2, 0) is 0 Å². The van der Waals surface area contributed by atoms with Crippen LogP contribution in [0.5, 0.6) is 0 Å². The van der Waals surface area contributed by atoms with Crippen molar-refractivity contribution in [1.29, 1.82) is 0 Å². The van der Waals surface area contributed by atoms with E-state index in [2.05, 4.69) is 67.6 Å². The molecule has 0 aliphatic carbocycles. The highest BCUT2D eigenvalue weighted by Crippen LogP contribution is 2.45. The van der Waals surface area contributed by atoms with E-state index >= 15 is 0 Å². The maximum Gasteiger partial charge on any atom is 0.0795 e. The fourth-order valence-electron chi connectivity index (χ4n) is 3.67. The Hall–Kier alpha value is -3.26. The molecule has 0 unspecified atom stereocenters. The molecule has 0 N–H and O–H groups in total. The Morgan fingerprint density at radius 2 is 1.12 bits per heavy atom. The summed E-state index contributed by atoms with van der Waals surface area (Å²) >= 11 is 0. The molecule has 5 rings (SSSR count). The number of rotatable bonds is 1. The van der Waals surface area contributed by atoms with Crippen molar-refractivity contribution in [3.63, 3.8) is 0 Å². The third kappa shape index (κ3) is 2.11. The van der Waals surface area contributed by atoms with Gasteiger partial charge in [-0.3, -0.25) is 4.99 Å². The van der Waals surface area contributed by atoms with Gasteiger partial charge in [0, 0.05) is 33.5 Å². The summed E-state index contributed by atoms with van der Waals surface area (Å²) in [5.74, 6) is 0. The number of para-hydroxylation sites is 2. The van der Waals surface area contributed by atoms with Gasteiger partial charge in [0.25, 0.3) is 0 Å². The average molecular weight is 320 g/mol. The molecule has 25 heavy (non-hydrogen) atoms. The van der Waals surface area contributed by atoms with Gasteiger partial charge in [0.05, 0.1) is 17.1 Å². The summed E-state index contributed by atoms with van der Waals surface area (Å²) in [7, 11) is 0. The van der Waals surface area contributed by atoms with Crippen molar-refractivity contribution >= 4 is 33.9 Å². The molecule has 2 heteroatoms. The van der Waals surface area contributed by atoms with Gasteiger partial charge < -0.3 is 0 Å². The summed E-state index contributed by atoms with van der Waals surface area (Å²) in [6, 6.07) is 27.1. The van der Waals surface area contributed by atoms with Crippen molar-refractivity contribution in [3.8, 4) is 0 Å². The van der Waals surface area contributed by atoms with E-state index in [0.717, 1.165) is 28.4 Å². The number of fused-ring (bicyclic) bond motifs is 2. The second-order valence-electron chi connectivity index (χ2n) is 6.31. The van der Waals surface area contributed by atoms with E-state index in [1.807, 2.05) is 18.2 Å². The Morgan fingerprint density at radius 1 is 0.560 bits per heavy atom. The van der Waals surface area contributed by atoms with Gasteiger partial charge in [0.15, 0.2) is 0 Å². The van der Waals surface area contributed by atoms with E-state index in [1.54, 1.807) is 0 Å². The van der Waals surface area contributed by atoms with Crippen molar-refractivity contribution in [1.82, 2.24) is 0 Å². The average Bonchev–Trinajstić information content (AvgIpc) is 3.19. The molecular formula is C23H16N2. The van der Waals surface area contributed by atoms with Crippen molar-refractivity contribution in [2.45, 2.75) is 6.92 Å². The number of allylic oxidation sites excluding steroid dienone is 2. The molecule has 3 aromatic carbocycles. The molecule has 0 bridgehead atoms. The number of aliphatic imine (C=N–C) groups is 2. The molecule has 2 heterocycles. The van der Waals surface area contributed by atoms with Gasteiger partial charge in [-0.25, -0.2) is 4.99 Å². The minimum Gasteiger partial charge on any atom is -0.252 e. The molecule has 118 valence electrons. The SMILES string of the molecule is CC1=Nc2ccccc2/C1=C1/C(c2ccccc2)=Nc2ccccc21. The second-order valence-corrected chi connectivity index (χ2v) is 6.31. The lowest BCUT2D eigenvalue weighted by Crippen LogP contribution is -2.05. The maximum absolute atomic E-state index is 4.96. The molecule has 2 nitrogen and oxygen atoms in total. The van der Waals surface area contributed by atoms with Crippen LogP contribution in [-0.4, -0.2) is 11.4 Å². The van der Waals surface area contributed by atoms with Crippen LogP contribution in [0, 0.1) is 0 Å². The fraction of sp³-hybridized carbons (Fsp3) is 0.0435. The minimum absolute atomic E-state index is 1.03. The highest BCUT2D eigenvalue weighted by molar-refractivity contribution is 6.49. The summed E-state index contributed by atoms with van der Waals surface area (Å²) in [5, 5.41) is 0. The molecule has 0 atom stereocenters. The van der Waals surface area contributed by atoms with Crippen LogP contribution in [0.1, 0.15) is 23.6 Å². The molecule has 0 spiro atoms. The summed E-state index contributed by atoms with van der Waals surface area (Å²) in [6.45, 7) is 2.09. The fourth-order valence-corrected chi connectivity index (χ4v) is 3.67. The zero-order chi connectivity index (χ0) is 16.8. The number of hydrogen-bond acceptors (Lipinski definition) is 2. The summed E-state index contributed by atoms with van der Waals surface area (Å²) < 4.78 is 0. The third-order valence-electron chi connectivity index (χ3n) is 4.76. The van der Waals surface area contributed by atoms with Gasteiger partial charge in [-0.1, -0.05) is 66.7 Å². The predicted molar refractivity (Wildman–Crippen MR) is 105 cm³/mol. The zero-order valence-electron chi connectivity index (χ0n) is 13.9. The van der Waals surface area contributed by atoms with Crippen molar-refractivity contribution in [2.75, 3.05) is 0 Å². The van der Waals surface area contributed by atoms with E-state index in [4.69, 9.17) is 9.98 Å². The lowest BCUT2D eigenvalue weighted by molar-refractivity contribution is 1.53. The van der Waals surface area contributed by atoms with E-state index in [-0.39, 0.29) is 0 Å². The van der Waals surface area contributed by atoms with Crippen LogP contribution in [0.2, 0.25) is 0 Å². The second kappa shape index (κ2) is 5.38. The van der Waals surface area contributed by atoms with Crippen molar-refractivity contribution in [2.24, 2.45) is 9.98 Å². The van der Waals surface area contributed by atoms with Crippen molar-refractivity contribution in [3.05, 3.63) is 95.6 Å². The standard InChI is InChI=1S/C23H16N2/c1-15-21(17-11-5-7-13-19(17)24-15)22-18-12-6-8-14-20(18)25-23(22)16-9-3-2-4-10-16/h2-14H,1H3/b22-21+. The quantitative estimate of drug-likeness (QED) is 0.538. The van der Waals surface area contributed by atoms with Gasteiger partial charge in [-0.05, 0) is 19.1 Å². The lowest BCUT2D eigenvalue weighted by atomic mass is 9.88. The Balaban J connectivity index is 1.85. The van der Waals surface area contributed by atoms with Gasteiger partial charge in [0.2, 0.25) is 0 Å². The minimum atomic E-state index is 1.03. The molecule has 0 aromatic heterocycles. The van der Waals surface area contributed by atoms with Crippen LogP contribution in [0.15, 0.2) is 88.8 Å². The first-order chi connectivity index (χ1) is 12.3. The maximum atomic E-state index is 4.96. The van der Waals surface area contributed by atoms with Gasteiger partial charge in [-0.2, -0.15) is 0 Å².